The Bertz CT molecular complexity index is 922. The highest BCUT2D eigenvalue weighted by Gasteiger charge is 2.24. The molecule has 33 heavy (non-hydrogen) atoms. The van der Waals surface area contributed by atoms with Crippen LogP contribution in [0.3, 0.4) is 0 Å². The molecule has 1 aliphatic heterocycles. The SMILES string of the molecule is CCC(C)N(CCC(=O)N1CCN(C/C=C/c2ccccc2)CC1)C(=O)c1ccc(Cl)cc1. The maximum atomic E-state index is 13.0. The average molecular weight is 468 g/mol. The molecule has 2 amide bonds. The van der Waals surface area contributed by atoms with Crippen LogP contribution >= 0.6 is 11.6 Å². The lowest BCUT2D eigenvalue weighted by molar-refractivity contribution is -0.133. The maximum absolute atomic E-state index is 13.0. The molecular weight excluding hydrogens is 434 g/mol. The van der Waals surface area contributed by atoms with E-state index in [4.69, 9.17) is 11.6 Å². The molecule has 1 heterocycles. The molecule has 2 aromatic carbocycles. The highest BCUT2D eigenvalue weighted by atomic mass is 35.5. The minimum absolute atomic E-state index is 0.0520. The summed E-state index contributed by atoms with van der Waals surface area (Å²) in [6.07, 6.45) is 5.50. The lowest BCUT2D eigenvalue weighted by Crippen LogP contribution is -2.49. The molecular formula is C27H34ClN3O2. The smallest absolute Gasteiger partial charge is 0.254 e. The first-order chi connectivity index (χ1) is 16.0. The Morgan fingerprint density at radius 2 is 1.70 bits per heavy atom. The van der Waals surface area contributed by atoms with Crippen molar-refractivity contribution in [2.24, 2.45) is 0 Å². The number of hydrogen-bond donors (Lipinski definition) is 0. The van der Waals surface area contributed by atoms with E-state index in [0.717, 1.165) is 39.1 Å². The Morgan fingerprint density at radius 1 is 1.03 bits per heavy atom. The summed E-state index contributed by atoms with van der Waals surface area (Å²) in [6.45, 7) is 8.58. The monoisotopic (exact) mass is 467 g/mol. The average Bonchev–Trinajstić information content (AvgIpc) is 2.85. The predicted octanol–water partition coefficient (Wildman–Crippen LogP) is 4.83. The number of carbonyl (C=O) groups is 2. The normalized spacial score (nSPS) is 15.5. The maximum Gasteiger partial charge on any atom is 0.254 e. The summed E-state index contributed by atoms with van der Waals surface area (Å²) in [6, 6.07) is 17.3. The van der Waals surface area contributed by atoms with Crippen molar-refractivity contribution in [3.05, 3.63) is 76.8 Å². The van der Waals surface area contributed by atoms with Crippen molar-refractivity contribution < 1.29 is 9.59 Å². The molecule has 1 unspecified atom stereocenters. The second-order valence-electron chi connectivity index (χ2n) is 8.51. The molecule has 1 fully saturated rings. The molecule has 3 rings (SSSR count). The van der Waals surface area contributed by atoms with Gasteiger partial charge in [-0.3, -0.25) is 14.5 Å². The van der Waals surface area contributed by atoms with Crippen LogP contribution in [0, 0.1) is 0 Å². The Hall–Kier alpha value is -2.63. The Morgan fingerprint density at radius 3 is 2.33 bits per heavy atom. The van der Waals surface area contributed by atoms with Gasteiger partial charge in [0.1, 0.15) is 0 Å². The Kier molecular flexibility index (Phi) is 9.52. The van der Waals surface area contributed by atoms with E-state index in [2.05, 4.69) is 36.1 Å². The number of benzene rings is 2. The van der Waals surface area contributed by atoms with Crippen molar-refractivity contribution >= 4 is 29.5 Å². The summed E-state index contributed by atoms with van der Waals surface area (Å²) >= 11 is 5.96. The molecule has 0 bridgehead atoms. The second-order valence-corrected chi connectivity index (χ2v) is 8.94. The fourth-order valence-corrected chi connectivity index (χ4v) is 4.08. The van der Waals surface area contributed by atoms with Crippen LogP contribution in [0.2, 0.25) is 5.02 Å². The zero-order valence-corrected chi connectivity index (χ0v) is 20.4. The van der Waals surface area contributed by atoms with E-state index in [1.807, 2.05) is 34.9 Å². The molecule has 0 spiro atoms. The van der Waals surface area contributed by atoms with Crippen LogP contribution in [0.15, 0.2) is 60.7 Å². The van der Waals surface area contributed by atoms with E-state index < -0.39 is 0 Å². The molecule has 0 aliphatic carbocycles. The topological polar surface area (TPSA) is 43.9 Å². The quantitative estimate of drug-likeness (QED) is 0.530. The standard InChI is InChI=1S/C27H34ClN3O2/c1-3-22(2)31(27(33)24-11-13-25(28)14-12-24)17-15-26(32)30-20-18-29(19-21-30)16-7-10-23-8-5-4-6-9-23/h4-14,22H,3,15-21H2,1-2H3/b10-7+. The minimum Gasteiger partial charge on any atom is -0.340 e. The molecule has 1 atom stereocenters. The van der Waals surface area contributed by atoms with Crippen LogP contribution in [0.25, 0.3) is 6.08 Å². The second kappa shape index (κ2) is 12.6. The molecule has 1 aliphatic rings. The number of rotatable bonds is 9. The van der Waals surface area contributed by atoms with Gasteiger partial charge in [0.2, 0.25) is 5.91 Å². The molecule has 5 nitrogen and oxygen atoms in total. The van der Waals surface area contributed by atoms with Crippen molar-refractivity contribution in [2.75, 3.05) is 39.3 Å². The number of hydrogen-bond acceptors (Lipinski definition) is 3. The molecule has 6 heteroatoms. The molecule has 0 N–H and O–H groups in total. The van der Waals surface area contributed by atoms with E-state index in [9.17, 15) is 9.59 Å². The van der Waals surface area contributed by atoms with Gasteiger partial charge >= 0.3 is 0 Å². The van der Waals surface area contributed by atoms with E-state index in [0.29, 0.717) is 23.6 Å². The van der Waals surface area contributed by atoms with Crippen molar-refractivity contribution in [2.45, 2.75) is 32.7 Å². The first-order valence-corrected chi connectivity index (χ1v) is 12.1. The largest absolute Gasteiger partial charge is 0.340 e. The summed E-state index contributed by atoms with van der Waals surface area (Å²) in [4.78, 5) is 32.0. The van der Waals surface area contributed by atoms with Crippen molar-refractivity contribution in [3.8, 4) is 0 Å². The molecule has 176 valence electrons. The summed E-state index contributed by atoms with van der Waals surface area (Å²) < 4.78 is 0. The fraction of sp³-hybridized carbons (Fsp3) is 0.407. The van der Waals surface area contributed by atoms with E-state index in [-0.39, 0.29) is 17.9 Å². The summed E-state index contributed by atoms with van der Waals surface area (Å²) in [5.74, 6) is 0.0653. The fourth-order valence-electron chi connectivity index (χ4n) is 3.96. The lowest BCUT2D eigenvalue weighted by Gasteiger charge is -2.35. The van der Waals surface area contributed by atoms with Gasteiger partial charge < -0.3 is 9.80 Å². The van der Waals surface area contributed by atoms with Crippen LogP contribution in [-0.2, 0) is 4.79 Å². The number of halogens is 1. The van der Waals surface area contributed by atoms with Crippen molar-refractivity contribution in [1.29, 1.82) is 0 Å². The first-order valence-electron chi connectivity index (χ1n) is 11.8. The van der Waals surface area contributed by atoms with Gasteiger partial charge in [0.15, 0.2) is 0 Å². The van der Waals surface area contributed by atoms with Gasteiger partial charge in [-0.15, -0.1) is 0 Å². The van der Waals surface area contributed by atoms with Gasteiger partial charge in [-0.25, -0.2) is 0 Å². The zero-order valence-electron chi connectivity index (χ0n) is 19.6. The third-order valence-corrected chi connectivity index (χ3v) is 6.49. The summed E-state index contributed by atoms with van der Waals surface area (Å²) in [5, 5.41) is 0.603. The number of piperazine rings is 1. The van der Waals surface area contributed by atoms with E-state index >= 15 is 0 Å². The van der Waals surface area contributed by atoms with E-state index in [1.165, 1.54) is 5.56 Å². The molecule has 0 radical (unpaired) electrons. The minimum atomic E-state index is -0.0520. The number of carbonyl (C=O) groups excluding carboxylic acids is 2. The Labute approximate surface area is 202 Å². The van der Waals surface area contributed by atoms with Crippen molar-refractivity contribution in [1.82, 2.24) is 14.7 Å². The van der Waals surface area contributed by atoms with Gasteiger partial charge in [0, 0.05) is 62.3 Å². The third-order valence-electron chi connectivity index (χ3n) is 6.24. The number of nitrogens with zero attached hydrogens (tertiary/aromatic N) is 3. The van der Waals surface area contributed by atoms with Crippen LogP contribution in [0.1, 0.15) is 42.6 Å². The summed E-state index contributed by atoms with van der Waals surface area (Å²) in [5.41, 5.74) is 1.80. The van der Waals surface area contributed by atoms with Gasteiger partial charge in [0.05, 0.1) is 0 Å². The molecule has 1 saturated heterocycles. The van der Waals surface area contributed by atoms with Crippen LogP contribution in [-0.4, -0.2) is 71.8 Å². The highest BCUT2D eigenvalue weighted by Crippen LogP contribution is 2.15. The lowest BCUT2D eigenvalue weighted by atomic mass is 10.1. The Balaban J connectivity index is 1.47. The molecule has 0 saturated carbocycles. The number of amides is 2. The van der Waals surface area contributed by atoms with Crippen LogP contribution in [0.4, 0.5) is 0 Å². The van der Waals surface area contributed by atoms with Gasteiger partial charge in [0.25, 0.3) is 5.91 Å². The molecule has 0 aromatic heterocycles. The third kappa shape index (κ3) is 7.44. The van der Waals surface area contributed by atoms with Crippen LogP contribution < -0.4 is 0 Å². The van der Waals surface area contributed by atoms with Crippen LogP contribution in [0.5, 0.6) is 0 Å². The zero-order chi connectivity index (χ0) is 23.6. The van der Waals surface area contributed by atoms with Gasteiger partial charge in [-0.1, -0.05) is 61.0 Å². The first kappa shape index (κ1) is 25.0. The van der Waals surface area contributed by atoms with Crippen molar-refractivity contribution in [3.63, 3.8) is 0 Å². The van der Waals surface area contributed by atoms with Gasteiger partial charge in [-0.2, -0.15) is 0 Å². The summed E-state index contributed by atoms with van der Waals surface area (Å²) in [7, 11) is 0. The van der Waals surface area contributed by atoms with Gasteiger partial charge in [-0.05, 0) is 43.2 Å². The predicted molar refractivity (Wildman–Crippen MR) is 135 cm³/mol. The van der Waals surface area contributed by atoms with E-state index in [1.54, 1.807) is 24.3 Å². The molecule has 2 aromatic rings. The highest BCUT2D eigenvalue weighted by molar-refractivity contribution is 6.30.